The third kappa shape index (κ3) is 1.83. The fourth-order valence-electron chi connectivity index (χ4n) is 2.26. The van der Waals surface area contributed by atoms with Crippen molar-refractivity contribution >= 4 is 27.1 Å². The second kappa shape index (κ2) is 4.52. The minimum Gasteiger partial charge on any atom is -0.282 e. The van der Waals surface area contributed by atoms with Gasteiger partial charge in [0.25, 0.3) is 5.56 Å². The van der Waals surface area contributed by atoms with E-state index in [-0.39, 0.29) is 5.56 Å². The van der Waals surface area contributed by atoms with E-state index in [0.29, 0.717) is 24.9 Å². The summed E-state index contributed by atoms with van der Waals surface area (Å²) < 4.78 is 3.37. The average Bonchev–Trinajstić information content (AvgIpc) is 2.95. The SMILES string of the molecule is Cc1nn(CCCC#N)c(=O)c2cc3ccsc3n12. The number of nitriles is 1. The summed E-state index contributed by atoms with van der Waals surface area (Å²) in [6.45, 7) is 2.38. The zero-order valence-electron chi connectivity index (χ0n) is 10.5. The van der Waals surface area contributed by atoms with Crippen LogP contribution in [0.1, 0.15) is 18.7 Å². The molecule has 0 spiro atoms. The van der Waals surface area contributed by atoms with Crippen LogP contribution in [0, 0.1) is 18.3 Å². The first-order chi connectivity index (χ1) is 9.22. The van der Waals surface area contributed by atoms with E-state index < -0.39 is 0 Å². The van der Waals surface area contributed by atoms with E-state index in [9.17, 15) is 4.79 Å². The molecule has 0 saturated heterocycles. The summed E-state index contributed by atoms with van der Waals surface area (Å²) in [7, 11) is 0. The van der Waals surface area contributed by atoms with Gasteiger partial charge in [0.2, 0.25) is 0 Å². The Bertz CT molecular complexity index is 849. The van der Waals surface area contributed by atoms with Gasteiger partial charge in [0.1, 0.15) is 16.2 Å². The Labute approximate surface area is 113 Å². The van der Waals surface area contributed by atoms with Crippen molar-refractivity contribution in [3.05, 3.63) is 33.7 Å². The van der Waals surface area contributed by atoms with Gasteiger partial charge in [-0.2, -0.15) is 10.4 Å². The fourth-order valence-corrected chi connectivity index (χ4v) is 3.20. The number of unbranched alkanes of at least 4 members (excludes halogenated alkanes) is 1. The molecule has 3 aromatic heterocycles. The van der Waals surface area contributed by atoms with Crippen molar-refractivity contribution in [1.29, 1.82) is 5.26 Å². The van der Waals surface area contributed by atoms with Crippen molar-refractivity contribution in [3.63, 3.8) is 0 Å². The highest BCUT2D eigenvalue weighted by Crippen LogP contribution is 2.24. The molecule has 0 amide bonds. The van der Waals surface area contributed by atoms with E-state index in [4.69, 9.17) is 5.26 Å². The highest BCUT2D eigenvalue weighted by atomic mass is 32.1. The van der Waals surface area contributed by atoms with Crippen LogP contribution in [0.2, 0.25) is 0 Å². The Balaban J connectivity index is 2.19. The monoisotopic (exact) mass is 272 g/mol. The topological polar surface area (TPSA) is 63.1 Å². The lowest BCUT2D eigenvalue weighted by Crippen LogP contribution is -2.26. The molecular weight excluding hydrogens is 260 g/mol. The number of hydrogen-bond donors (Lipinski definition) is 0. The predicted molar refractivity (Wildman–Crippen MR) is 74.4 cm³/mol. The lowest BCUT2D eigenvalue weighted by molar-refractivity contribution is 0.541. The summed E-state index contributed by atoms with van der Waals surface area (Å²) in [6.07, 6.45) is 1.09. The summed E-state index contributed by atoms with van der Waals surface area (Å²) in [5, 5.41) is 16.0. The van der Waals surface area contributed by atoms with Gasteiger partial charge in [0.05, 0.1) is 6.07 Å². The molecule has 0 aromatic carbocycles. The number of aromatic nitrogens is 3. The molecular formula is C13H12N4OS. The largest absolute Gasteiger partial charge is 0.291 e. The molecule has 3 rings (SSSR count). The second-order valence-electron chi connectivity index (χ2n) is 4.38. The molecule has 0 radical (unpaired) electrons. The van der Waals surface area contributed by atoms with Gasteiger partial charge in [0.15, 0.2) is 0 Å². The number of aryl methyl sites for hydroxylation is 2. The highest BCUT2D eigenvalue weighted by Gasteiger charge is 2.12. The maximum atomic E-state index is 12.3. The van der Waals surface area contributed by atoms with E-state index in [2.05, 4.69) is 11.2 Å². The average molecular weight is 272 g/mol. The maximum Gasteiger partial charge on any atom is 0.291 e. The van der Waals surface area contributed by atoms with Gasteiger partial charge in [-0.05, 0) is 30.9 Å². The van der Waals surface area contributed by atoms with Crippen LogP contribution in [-0.2, 0) is 6.54 Å². The Kier molecular flexibility index (Phi) is 2.84. The van der Waals surface area contributed by atoms with Crippen molar-refractivity contribution in [2.75, 3.05) is 0 Å². The van der Waals surface area contributed by atoms with Crippen LogP contribution in [0.25, 0.3) is 15.7 Å². The number of thiophene rings is 1. The minimum absolute atomic E-state index is 0.0908. The molecule has 0 bridgehead atoms. The van der Waals surface area contributed by atoms with Gasteiger partial charge >= 0.3 is 0 Å². The summed E-state index contributed by atoms with van der Waals surface area (Å²) in [6, 6.07) is 5.99. The van der Waals surface area contributed by atoms with Crippen LogP contribution in [0.15, 0.2) is 22.3 Å². The zero-order valence-corrected chi connectivity index (χ0v) is 11.3. The Hall–Kier alpha value is -2.13. The Morgan fingerprint density at radius 3 is 3.16 bits per heavy atom. The molecule has 3 aromatic rings. The third-order valence-electron chi connectivity index (χ3n) is 3.11. The lowest BCUT2D eigenvalue weighted by atomic mass is 10.3. The molecule has 96 valence electrons. The van der Waals surface area contributed by atoms with Gasteiger partial charge in [-0.15, -0.1) is 11.3 Å². The van der Waals surface area contributed by atoms with Gasteiger partial charge in [-0.1, -0.05) is 0 Å². The zero-order chi connectivity index (χ0) is 13.4. The maximum absolute atomic E-state index is 12.3. The van der Waals surface area contributed by atoms with Crippen molar-refractivity contribution in [2.24, 2.45) is 0 Å². The van der Waals surface area contributed by atoms with Crippen molar-refractivity contribution in [2.45, 2.75) is 26.3 Å². The molecule has 0 aliphatic rings. The molecule has 0 unspecified atom stereocenters. The summed E-state index contributed by atoms with van der Waals surface area (Å²) >= 11 is 1.61. The molecule has 0 atom stereocenters. The summed E-state index contributed by atoms with van der Waals surface area (Å²) in [5.74, 6) is 0.795. The van der Waals surface area contributed by atoms with Crippen LogP contribution in [0.5, 0.6) is 0 Å². The highest BCUT2D eigenvalue weighted by molar-refractivity contribution is 7.16. The van der Waals surface area contributed by atoms with E-state index in [1.54, 1.807) is 11.3 Å². The molecule has 6 heteroatoms. The Morgan fingerprint density at radius 1 is 1.53 bits per heavy atom. The summed E-state index contributed by atoms with van der Waals surface area (Å²) in [5.41, 5.74) is 0.568. The fraction of sp³-hybridized carbons (Fsp3) is 0.308. The number of nitrogens with zero attached hydrogens (tertiary/aromatic N) is 4. The quantitative estimate of drug-likeness (QED) is 0.687. The van der Waals surface area contributed by atoms with Crippen LogP contribution in [0.4, 0.5) is 0 Å². The van der Waals surface area contributed by atoms with E-state index in [0.717, 1.165) is 16.0 Å². The van der Waals surface area contributed by atoms with Gasteiger partial charge < -0.3 is 0 Å². The smallest absolute Gasteiger partial charge is 0.282 e. The van der Waals surface area contributed by atoms with Gasteiger partial charge in [0, 0.05) is 18.4 Å². The molecule has 19 heavy (non-hydrogen) atoms. The molecule has 5 nitrogen and oxygen atoms in total. The first kappa shape index (κ1) is 11.9. The van der Waals surface area contributed by atoms with Crippen molar-refractivity contribution in [3.8, 4) is 6.07 Å². The molecule has 0 saturated carbocycles. The molecule has 0 aliphatic heterocycles. The molecule has 0 fully saturated rings. The van der Waals surface area contributed by atoms with Crippen LogP contribution in [-0.4, -0.2) is 14.2 Å². The number of rotatable bonds is 3. The van der Waals surface area contributed by atoms with Crippen LogP contribution >= 0.6 is 11.3 Å². The van der Waals surface area contributed by atoms with Crippen LogP contribution in [0.3, 0.4) is 0 Å². The summed E-state index contributed by atoms with van der Waals surface area (Å²) in [4.78, 5) is 13.4. The van der Waals surface area contributed by atoms with E-state index >= 15 is 0 Å². The molecule has 3 heterocycles. The van der Waals surface area contributed by atoms with Gasteiger partial charge in [-0.25, -0.2) is 4.68 Å². The number of hydrogen-bond acceptors (Lipinski definition) is 4. The van der Waals surface area contributed by atoms with E-state index in [1.807, 2.05) is 28.8 Å². The minimum atomic E-state index is -0.0908. The Morgan fingerprint density at radius 2 is 2.37 bits per heavy atom. The van der Waals surface area contributed by atoms with Crippen molar-refractivity contribution in [1.82, 2.24) is 14.2 Å². The molecule has 0 aliphatic carbocycles. The number of fused-ring (bicyclic) bond motifs is 3. The lowest BCUT2D eigenvalue weighted by Gasteiger charge is -2.07. The van der Waals surface area contributed by atoms with Crippen LogP contribution < -0.4 is 5.56 Å². The third-order valence-corrected chi connectivity index (χ3v) is 4.03. The van der Waals surface area contributed by atoms with Crippen molar-refractivity contribution < 1.29 is 0 Å². The first-order valence-electron chi connectivity index (χ1n) is 6.05. The normalized spacial score (nSPS) is 11.2. The standard InChI is InChI=1S/C13H12N4OS/c1-9-15-16(6-3-2-5-14)12(18)11-8-10-4-7-19-13(10)17(9)11/h4,7-8H,2-3,6H2,1H3. The van der Waals surface area contributed by atoms with Gasteiger partial charge in [-0.3, -0.25) is 9.20 Å². The molecule has 0 N–H and O–H groups in total. The predicted octanol–water partition coefficient (Wildman–Crippen LogP) is 2.32. The second-order valence-corrected chi connectivity index (χ2v) is 5.28. The van der Waals surface area contributed by atoms with E-state index in [1.165, 1.54) is 4.68 Å². The first-order valence-corrected chi connectivity index (χ1v) is 6.93.